The van der Waals surface area contributed by atoms with Gasteiger partial charge in [-0.15, -0.1) is 0 Å². The summed E-state index contributed by atoms with van der Waals surface area (Å²) in [6.45, 7) is 0.898. The van der Waals surface area contributed by atoms with E-state index >= 15 is 0 Å². The Morgan fingerprint density at radius 1 is 0.969 bits per heavy atom. The second-order valence-corrected chi connectivity index (χ2v) is 10.5. The molecule has 0 aliphatic heterocycles. The van der Waals surface area contributed by atoms with Gasteiger partial charge in [0.2, 0.25) is 11.8 Å². The molecule has 5 rings (SSSR count). The van der Waals surface area contributed by atoms with Crippen LogP contribution in [0.4, 0.5) is 0 Å². The molecule has 4 atom stereocenters. The predicted octanol–water partition coefficient (Wildman–Crippen LogP) is 3.45. The summed E-state index contributed by atoms with van der Waals surface area (Å²) in [5.41, 5.74) is 14.1. The van der Waals surface area contributed by atoms with Gasteiger partial charge in [0.25, 0.3) is 0 Å². The summed E-state index contributed by atoms with van der Waals surface area (Å²) in [4.78, 5) is 26.8. The van der Waals surface area contributed by atoms with Crippen LogP contribution in [0.15, 0.2) is 65.2 Å². The van der Waals surface area contributed by atoms with E-state index in [0.717, 1.165) is 34.0 Å². The summed E-state index contributed by atoms with van der Waals surface area (Å²) in [7, 11) is 0. The van der Waals surface area contributed by atoms with E-state index in [9.17, 15) is 9.59 Å². The summed E-state index contributed by atoms with van der Waals surface area (Å²) in [5.74, 6) is -0.828. The first-order valence-corrected chi connectivity index (χ1v) is 12.0. The van der Waals surface area contributed by atoms with E-state index in [-0.39, 0.29) is 29.1 Å². The molecule has 2 saturated carbocycles. The zero-order chi connectivity index (χ0) is 22.5. The number of rotatable bonds is 7. The number of hydrogen-bond donors (Lipinski definition) is 3. The van der Waals surface area contributed by atoms with Crippen LogP contribution >= 0.6 is 15.9 Å². The van der Waals surface area contributed by atoms with E-state index in [2.05, 4.69) is 33.4 Å². The summed E-state index contributed by atoms with van der Waals surface area (Å²) < 4.78 is 0.995. The SMILES string of the molecule is NCc1ccc(C[C@]2(C(N)=O)C(C(=O)NCc3ccc(Br)cc3)[C@@H]3C=C[C@@H]2C32CC2)cc1. The lowest BCUT2D eigenvalue weighted by molar-refractivity contribution is -0.141. The fourth-order valence-electron chi connectivity index (χ4n) is 6.29. The molecule has 3 aliphatic rings. The lowest BCUT2D eigenvalue weighted by Crippen LogP contribution is -2.53. The van der Waals surface area contributed by atoms with Crippen LogP contribution in [0.5, 0.6) is 0 Å². The van der Waals surface area contributed by atoms with Crippen LogP contribution in [0.3, 0.4) is 0 Å². The molecular formula is C26H28BrN3O2. The van der Waals surface area contributed by atoms with Crippen molar-refractivity contribution in [2.75, 3.05) is 0 Å². The van der Waals surface area contributed by atoms with Crippen molar-refractivity contribution < 1.29 is 9.59 Å². The third-order valence-corrected chi connectivity index (χ3v) is 8.50. The van der Waals surface area contributed by atoms with Gasteiger partial charge in [-0.1, -0.05) is 64.5 Å². The average molecular weight is 494 g/mol. The Morgan fingerprint density at radius 2 is 1.59 bits per heavy atom. The number of nitrogens with two attached hydrogens (primary N) is 2. The third kappa shape index (κ3) is 3.23. The quantitative estimate of drug-likeness (QED) is 0.515. The fourth-order valence-corrected chi connectivity index (χ4v) is 6.56. The summed E-state index contributed by atoms with van der Waals surface area (Å²) >= 11 is 3.44. The second kappa shape index (κ2) is 7.85. The maximum absolute atomic E-state index is 13.6. The highest BCUT2D eigenvalue weighted by molar-refractivity contribution is 9.10. The van der Waals surface area contributed by atoms with Crippen LogP contribution in [0.25, 0.3) is 0 Å². The van der Waals surface area contributed by atoms with Crippen molar-refractivity contribution in [2.24, 2.45) is 40.1 Å². The van der Waals surface area contributed by atoms with Gasteiger partial charge in [-0.2, -0.15) is 0 Å². The minimum absolute atomic E-state index is 0.00937. The topological polar surface area (TPSA) is 98.2 Å². The van der Waals surface area contributed by atoms with Gasteiger partial charge in [-0.3, -0.25) is 9.59 Å². The highest BCUT2D eigenvalue weighted by atomic mass is 79.9. The number of halogens is 1. The Morgan fingerprint density at radius 3 is 2.19 bits per heavy atom. The monoisotopic (exact) mass is 493 g/mol. The molecule has 2 aromatic carbocycles. The van der Waals surface area contributed by atoms with Crippen molar-refractivity contribution in [1.29, 1.82) is 0 Å². The molecule has 0 aromatic heterocycles. The van der Waals surface area contributed by atoms with Crippen molar-refractivity contribution >= 4 is 27.7 Å². The molecule has 5 nitrogen and oxygen atoms in total. The van der Waals surface area contributed by atoms with Gasteiger partial charge in [-0.05, 0) is 65.3 Å². The van der Waals surface area contributed by atoms with Crippen molar-refractivity contribution in [3.8, 4) is 0 Å². The lowest BCUT2D eigenvalue weighted by Gasteiger charge is -2.39. The number of carbonyl (C=O) groups is 2. The molecule has 2 aromatic rings. The Hall–Kier alpha value is -2.44. The Kier molecular flexibility index (Phi) is 5.25. The molecule has 2 fully saturated rings. The van der Waals surface area contributed by atoms with Crippen molar-refractivity contribution in [1.82, 2.24) is 5.32 Å². The first-order chi connectivity index (χ1) is 15.4. The fraction of sp³-hybridized carbons (Fsp3) is 0.385. The number of carbonyl (C=O) groups excluding carboxylic acids is 2. The van der Waals surface area contributed by atoms with Crippen LogP contribution in [-0.2, 0) is 29.1 Å². The number of primary amides is 1. The first kappa shape index (κ1) is 21.4. The highest BCUT2D eigenvalue weighted by Gasteiger charge is 2.75. The second-order valence-electron chi connectivity index (χ2n) is 9.55. The molecule has 2 amide bonds. The van der Waals surface area contributed by atoms with Crippen molar-refractivity contribution in [2.45, 2.75) is 32.4 Å². The molecule has 166 valence electrons. The smallest absolute Gasteiger partial charge is 0.225 e. The van der Waals surface area contributed by atoms with Crippen LogP contribution in [-0.4, -0.2) is 11.8 Å². The Labute approximate surface area is 196 Å². The van der Waals surface area contributed by atoms with E-state index in [1.54, 1.807) is 0 Å². The number of nitrogens with one attached hydrogen (secondary N) is 1. The van der Waals surface area contributed by atoms with Gasteiger partial charge in [0.15, 0.2) is 0 Å². The number of allylic oxidation sites excluding steroid dienone is 2. The molecule has 1 spiro atoms. The van der Waals surface area contributed by atoms with Gasteiger partial charge < -0.3 is 16.8 Å². The molecule has 3 aliphatic carbocycles. The van der Waals surface area contributed by atoms with Gasteiger partial charge in [0, 0.05) is 17.6 Å². The maximum atomic E-state index is 13.6. The normalized spacial score (nSPS) is 28.8. The van der Waals surface area contributed by atoms with E-state index in [0.29, 0.717) is 19.5 Å². The van der Waals surface area contributed by atoms with E-state index in [1.165, 1.54) is 0 Å². The standard InChI is InChI=1S/C26H28BrN3O2/c27-19-7-5-18(6-8-19)15-30-23(31)22-20-9-10-21(25(20)11-12-25)26(22,24(29)32)13-16-1-3-17(14-28)4-2-16/h1-10,20-22H,11-15,28H2,(H2,29,32)(H,30,31)/t20-,21+,22?,26+/m0/s1. The summed E-state index contributed by atoms with van der Waals surface area (Å²) in [6, 6.07) is 15.9. The zero-order valence-electron chi connectivity index (χ0n) is 17.9. The minimum atomic E-state index is -0.913. The Balaban J connectivity index is 1.47. The van der Waals surface area contributed by atoms with Gasteiger partial charge in [-0.25, -0.2) is 0 Å². The molecule has 5 N–H and O–H groups in total. The third-order valence-electron chi connectivity index (χ3n) is 7.97. The van der Waals surface area contributed by atoms with Gasteiger partial charge in [0.05, 0.1) is 11.3 Å². The number of hydrogen-bond acceptors (Lipinski definition) is 3. The largest absolute Gasteiger partial charge is 0.369 e. The minimum Gasteiger partial charge on any atom is -0.369 e. The van der Waals surface area contributed by atoms with Crippen LogP contribution in [0, 0.1) is 28.6 Å². The number of amides is 2. The van der Waals surface area contributed by atoms with Gasteiger partial charge in [0.1, 0.15) is 0 Å². The first-order valence-electron chi connectivity index (χ1n) is 11.2. The maximum Gasteiger partial charge on any atom is 0.225 e. The molecule has 1 unspecified atom stereocenters. The summed E-state index contributed by atoms with van der Waals surface area (Å²) in [6.07, 6.45) is 6.90. The van der Waals surface area contributed by atoms with Crippen LogP contribution < -0.4 is 16.8 Å². The molecule has 6 heteroatoms. The Bertz CT molecular complexity index is 1080. The van der Waals surface area contributed by atoms with Crippen LogP contribution in [0.1, 0.15) is 29.5 Å². The van der Waals surface area contributed by atoms with E-state index < -0.39 is 11.3 Å². The predicted molar refractivity (Wildman–Crippen MR) is 127 cm³/mol. The van der Waals surface area contributed by atoms with E-state index in [4.69, 9.17) is 11.5 Å². The molecule has 0 heterocycles. The molecule has 0 saturated heterocycles. The van der Waals surface area contributed by atoms with Crippen molar-refractivity contribution in [3.05, 3.63) is 81.8 Å². The number of benzene rings is 2. The summed E-state index contributed by atoms with van der Waals surface area (Å²) in [5, 5.41) is 3.11. The molecular weight excluding hydrogens is 466 g/mol. The molecule has 32 heavy (non-hydrogen) atoms. The van der Waals surface area contributed by atoms with Crippen LogP contribution in [0.2, 0.25) is 0 Å². The van der Waals surface area contributed by atoms with E-state index in [1.807, 2.05) is 48.5 Å². The highest BCUT2D eigenvalue weighted by Crippen LogP contribution is 2.76. The lowest BCUT2D eigenvalue weighted by atomic mass is 9.63. The van der Waals surface area contributed by atoms with Crippen molar-refractivity contribution in [3.63, 3.8) is 0 Å². The zero-order valence-corrected chi connectivity index (χ0v) is 19.5. The average Bonchev–Trinajstić information content (AvgIpc) is 3.46. The molecule has 2 bridgehead atoms. The van der Waals surface area contributed by atoms with Gasteiger partial charge >= 0.3 is 0 Å². The molecule has 0 radical (unpaired) electrons.